The fraction of sp³-hybridized carbons (Fsp3) is 0.421. The second-order valence-corrected chi connectivity index (χ2v) is 6.30. The number of hydrogen-bond acceptors (Lipinski definition) is 4. The summed E-state index contributed by atoms with van der Waals surface area (Å²) >= 11 is 0. The van der Waals surface area contributed by atoms with Crippen LogP contribution in [0.4, 0.5) is 0 Å². The number of hydrogen-bond donors (Lipinski definition) is 0. The Bertz CT molecular complexity index is 795. The predicted molar refractivity (Wildman–Crippen MR) is 88.7 cm³/mol. The molecule has 0 unspecified atom stereocenters. The third-order valence-electron chi connectivity index (χ3n) is 4.48. The summed E-state index contributed by atoms with van der Waals surface area (Å²) in [5, 5.41) is 0.825. The van der Waals surface area contributed by atoms with Crippen molar-refractivity contribution in [3.63, 3.8) is 0 Å². The number of carbonyl (C=O) groups excluding carboxylic acids is 2. The van der Waals surface area contributed by atoms with Gasteiger partial charge >= 0.3 is 5.97 Å². The Morgan fingerprint density at radius 2 is 1.96 bits per heavy atom. The third kappa shape index (κ3) is 2.98. The molecule has 2 aromatic rings. The predicted octanol–water partition coefficient (Wildman–Crippen LogP) is 3.56. The zero-order chi connectivity index (χ0) is 16.6. The minimum atomic E-state index is -0.727. The molecule has 120 valence electrons. The molecule has 0 bridgehead atoms. The molecule has 1 aliphatic rings. The Morgan fingerprint density at radius 1 is 1.22 bits per heavy atom. The van der Waals surface area contributed by atoms with E-state index in [0.717, 1.165) is 53.4 Å². The minimum Gasteiger partial charge on any atom is -0.451 e. The van der Waals surface area contributed by atoms with E-state index in [4.69, 9.17) is 9.72 Å². The number of ether oxygens (including phenoxy) is 1. The van der Waals surface area contributed by atoms with Crippen LogP contribution in [-0.4, -0.2) is 22.8 Å². The van der Waals surface area contributed by atoms with Gasteiger partial charge in [-0.1, -0.05) is 11.6 Å². The highest BCUT2D eigenvalue weighted by atomic mass is 16.5. The Hall–Kier alpha value is -2.23. The molecule has 3 rings (SSSR count). The average molecular weight is 311 g/mol. The van der Waals surface area contributed by atoms with Crippen LogP contribution in [0.2, 0.25) is 0 Å². The zero-order valence-electron chi connectivity index (χ0n) is 13.8. The molecule has 0 fully saturated rings. The molecule has 1 aliphatic carbocycles. The first-order chi connectivity index (χ1) is 11.0. The van der Waals surface area contributed by atoms with Crippen LogP contribution in [0.25, 0.3) is 10.9 Å². The van der Waals surface area contributed by atoms with Gasteiger partial charge in [-0.3, -0.25) is 9.78 Å². The number of rotatable bonds is 3. The number of fused-ring (bicyclic) bond motifs is 2. The lowest BCUT2D eigenvalue weighted by atomic mass is 9.89. The summed E-state index contributed by atoms with van der Waals surface area (Å²) in [5.74, 6) is -0.564. The summed E-state index contributed by atoms with van der Waals surface area (Å²) in [4.78, 5) is 28.9. The molecule has 1 aromatic heterocycles. The van der Waals surface area contributed by atoms with Crippen molar-refractivity contribution < 1.29 is 14.3 Å². The number of benzene rings is 1. The maximum Gasteiger partial charge on any atom is 0.339 e. The molecule has 0 saturated carbocycles. The molecule has 23 heavy (non-hydrogen) atoms. The Morgan fingerprint density at radius 3 is 2.70 bits per heavy atom. The molecule has 1 aromatic carbocycles. The molecular formula is C19H21NO3. The van der Waals surface area contributed by atoms with E-state index in [-0.39, 0.29) is 5.78 Å². The highest BCUT2D eigenvalue weighted by molar-refractivity contribution is 6.06. The van der Waals surface area contributed by atoms with Crippen LogP contribution in [-0.2, 0) is 22.4 Å². The van der Waals surface area contributed by atoms with Gasteiger partial charge in [0.1, 0.15) is 0 Å². The Labute approximate surface area is 135 Å². The van der Waals surface area contributed by atoms with Crippen molar-refractivity contribution in [1.29, 1.82) is 0 Å². The third-order valence-corrected chi connectivity index (χ3v) is 4.48. The monoisotopic (exact) mass is 311 g/mol. The van der Waals surface area contributed by atoms with Crippen molar-refractivity contribution in [2.75, 3.05) is 0 Å². The summed E-state index contributed by atoms with van der Waals surface area (Å²) < 4.78 is 5.40. The maximum atomic E-state index is 12.8. The summed E-state index contributed by atoms with van der Waals surface area (Å²) in [6.07, 6.45) is 3.14. The van der Waals surface area contributed by atoms with E-state index in [0.29, 0.717) is 5.56 Å². The normalized spacial score (nSPS) is 15.1. The number of pyridine rings is 1. The van der Waals surface area contributed by atoms with E-state index in [9.17, 15) is 9.59 Å². The van der Waals surface area contributed by atoms with Crippen LogP contribution < -0.4 is 0 Å². The van der Waals surface area contributed by atoms with Crippen LogP contribution in [0.3, 0.4) is 0 Å². The van der Waals surface area contributed by atoms with Gasteiger partial charge in [-0.2, -0.15) is 0 Å². The lowest BCUT2D eigenvalue weighted by Crippen LogP contribution is -2.24. The van der Waals surface area contributed by atoms with Gasteiger partial charge in [0.05, 0.1) is 11.1 Å². The molecular weight excluding hydrogens is 290 g/mol. The second kappa shape index (κ2) is 6.11. The van der Waals surface area contributed by atoms with E-state index >= 15 is 0 Å². The summed E-state index contributed by atoms with van der Waals surface area (Å²) in [7, 11) is 0. The Balaban J connectivity index is 2.17. The first kappa shape index (κ1) is 15.7. The summed E-state index contributed by atoms with van der Waals surface area (Å²) in [6, 6.07) is 5.93. The molecule has 0 radical (unpaired) electrons. The maximum absolute atomic E-state index is 12.8. The minimum absolute atomic E-state index is 0.151. The molecule has 1 atom stereocenters. The van der Waals surface area contributed by atoms with Crippen molar-refractivity contribution >= 4 is 22.7 Å². The number of nitrogens with zero attached hydrogens (tertiary/aromatic N) is 1. The second-order valence-electron chi connectivity index (χ2n) is 6.30. The lowest BCUT2D eigenvalue weighted by Gasteiger charge is -2.21. The van der Waals surface area contributed by atoms with Crippen LogP contribution in [0.5, 0.6) is 0 Å². The standard InChI is InChI=1S/C19H21NO3/c1-11-8-9-17-15(10-11)18(19(22)23-13(3)12(2)21)14-6-4-5-7-16(14)20-17/h8-10,13H,4-7H2,1-3H3/t13-/m1/s1. The molecule has 0 saturated heterocycles. The highest BCUT2D eigenvalue weighted by Crippen LogP contribution is 2.30. The Kier molecular flexibility index (Phi) is 4.16. The van der Waals surface area contributed by atoms with Crippen LogP contribution in [0.1, 0.15) is 53.9 Å². The van der Waals surface area contributed by atoms with Crippen LogP contribution in [0, 0.1) is 6.92 Å². The van der Waals surface area contributed by atoms with Crippen molar-refractivity contribution in [3.8, 4) is 0 Å². The van der Waals surface area contributed by atoms with Gasteiger partial charge in [0.25, 0.3) is 0 Å². The van der Waals surface area contributed by atoms with Gasteiger partial charge in [0, 0.05) is 11.1 Å². The topological polar surface area (TPSA) is 56.3 Å². The van der Waals surface area contributed by atoms with Crippen LogP contribution >= 0.6 is 0 Å². The van der Waals surface area contributed by atoms with E-state index in [1.54, 1.807) is 6.92 Å². The highest BCUT2D eigenvalue weighted by Gasteiger charge is 2.25. The molecule has 4 heteroatoms. The number of aryl methyl sites for hydroxylation is 2. The van der Waals surface area contributed by atoms with Crippen molar-refractivity contribution in [2.24, 2.45) is 0 Å². The van der Waals surface area contributed by atoms with Gasteiger partial charge in [-0.15, -0.1) is 0 Å². The first-order valence-electron chi connectivity index (χ1n) is 8.11. The molecule has 0 spiro atoms. The molecule has 4 nitrogen and oxygen atoms in total. The summed E-state index contributed by atoms with van der Waals surface area (Å²) in [5.41, 5.74) is 4.48. The van der Waals surface area contributed by atoms with E-state index in [1.165, 1.54) is 6.92 Å². The van der Waals surface area contributed by atoms with E-state index in [1.807, 2.05) is 25.1 Å². The van der Waals surface area contributed by atoms with Crippen molar-refractivity contribution in [1.82, 2.24) is 4.98 Å². The number of aromatic nitrogens is 1. The fourth-order valence-corrected chi connectivity index (χ4v) is 3.07. The number of esters is 1. The van der Waals surface area contributed by atoms with Gasteiger partial charge in [-0.05, 0) is 64.2 Å². The van der Waals surface area contributed by atoms with Crippen LogP contribution in [0.15, 0.2) is 18.2 Å². The average Bonchev–Trinajstić information content (AvgIpc) is 2.52. The van der Waals surface area contributed by atoms with Gasteiger partial charge in [-0.25, -0.2) is 4.79 Å². The number of carbonyl (C=O) groups is 2. The van der Waals surface area contributed by atoms with Gasteiger partial charge in [0.15, 0.2) is 11.9 Å². The molecule has 0 amide bonds. The number of Topliss-reactive ketones (excluding diaryl/α,β-unsaturated/α-hetero) is 1. The first-order valence-corrected chi connectivity index (χ1v) is 8.11. The SMILES string of the molecule is CC(=O)[C@@H](C)OC(=O)c1c2c(nc3ccc(C)cc13)CCCC2. The fourth-order valence-electron chi connectivity index (χ4n) is 3.07. The molecule has 0 N–H and O–H groups in total. The lowest BCUT2D eigenvalue weighted by molar-refractivity contribution is -0.124. The van der Waals surface area contributed by atoms with E-state index < -0.39 is 12.1 Å². The molecule has 0 aliphatic heterocycles. The number of ketones is 1. The summed E-state index contributed by atoms with van der Waals surface area (Å²) in [6.45, 7) is 5.04. The van der Waals surface area contributed by atoms with E-state index in [2.05, 4.69) is 0 Å². The van der Waals surface area contributed by atoms with Gasteiger partial charge in [0.2, 0.25) is 0 Å². The largest absolute Gasteiger partial charge is 0.451 e. The van der Waals surface area contributed by atoms with Crippen molar-refractivity contribution in [3.05, 3.63) is 40.6 Å². The van der Waals surface area contributed by atoms with Gasteiger partial charge < -0.3 is 4.74 Å². The smallest absolute Gasteiger partial charge is 0.339 e. The quantitative estimate of drug-likeness (QED) is 0.813. The van der Waals surface area contributed by atoms with Crippen molar-refractivity contribution in [2.45, 2.75) is 52.6 Å². The zero-order valence-corrected chi connectivity index (χ0v) is 13.8. The molecule has 1 heterocycles.